The molecule has 0 saturated heterocycles. The molecule has 1 aromatic rings. The second-order valence-corrected chi connectivity index (χ2v) is 4.63. The molecule has 0 spiro atoms. The largest absolute Gasteiger partial charge is 0.493 e. The van der Waals surface area contributed by atoms with Crippen LogP contribution in [0.2, 0.25) is 0 Å². The first-order chi connectivity index (χ1) is 8.36. The van der Waals surface area contributed by atoms with E-state index in [1.54, 1.807) is 13.0 Å². The molecule has 1 aromatic carbocycles. The van der Waals surface area contributed by atoms with E-state index in [0.29, 0.717) is 20.6 Å². The highest BCUT2D eigenvalue weighted by Gasteiger charge is 2.20. The number of aryl methyl sites for hydroxylation is 1. The summed E-state index contributed by atoms with van der Waals surface area (Å²) in [6, 6.07) is 1.66. The maximum atomic E-state index is 11.1. The van der Waals surface area contributed by atoms with Crippen molar-refractivity contribution in [2.45, 2.75) is 20.8 Å². The molecule has 0 saturated carbocycles. The van der Waals surface area contributed by atoms with Crippen molar-refractivity contribution >= 4 is 34.5 Å². The molecule has 5 nitrogen and oxygen atoms in total. The maximum absolute atomic E-state index is 11.1. The standard InChI is InChI=1S/C12H13IO5/c1-6-5-9(17-7(2)14)10(13)12(11(6)16-4)18-8(3)15/h5H,1-4H3. The van der Waals surface area contributed by atoms with Gasteiger partial charge < -0.3 is 14.2 Å². The van der Waals surface area contributed by atoms with Crippen molar-refractivity contribution in [2.75, 3.05) is 7.11 Å². The third-order valence-corrected chi connectivity index (χ3v) is 3.05. The summed E-state index contributed by atoms with van der Waals surface area (Å²) < 4.78 is 15.9. The summed E-state index contributed by atoms with van der Waals surface area (Å²) in [5.41, 5.74) is 0.713. The molecule has 0 unspecified atom stereocenters. The van der Waals surface area contributed by atoms with Crippen LogP contribution < -0.4 is 14.2 Å². The van der Waals surface area contributed by atoms with Crippen LogP contribution in [-0.4, -0.2) is 19.0 Å². The Balaban J connectivity index is 3.38. The minimum Gasteiger partial charge on any atom is -0.493 e. The lowest BCUT2D eigenvalue weighted by atomic mass is 10.2. The van der Waals surface area contributed by atoms with Crippen LogP contribution in [0.15, 0.2) is 6.07 Å². The number of halogens is 1. The van der Waals surface area contributed by atoms with E-state index < -0.39 is 11.9 Å². The Morgan fingerprint density at radius 3 is 2.11 bits per heavy atom. The first-order valence-corrected chi connectivity index (χ1v) is 6.18. The van der Waals surface area contributed by atoms with Crippen molar-refractivity contribution in [1.82, 2.24) is 0 Å². The summed E-state index contributed by atoms with van der Waals surface area (Å²) in [4.78, 5) is 22.1. The zero-order valence-electron chi connectivity index (χ0n) is 10.5. The molecule has 0 aliphatic rings. The van der Waals surface area contributed by atoms with Crippen LogP contribution >= 0.6 is 22.6 Å². The molecule has 18 heavy (non-hydrogen) atoms. The second-order valence-electron chi connectivity index (χ2n) is 3.56. The fourth-order valence-electron chi connectivity index (χ4n) is 1.43. The molecule has 0 bridgehead atoms. The molecular formula is C12H13IO5. The van der Waals surface area contributed by atoms with Gasteiger partial charge in [0.2, 0.25) is 0 Å². The lowest BCUT2D eigenvalue weighted by Gasteiger charge is -2.15. The lowest BCUT2D eigenvalue weighted by Crippen LogP contribution is -2.09. The first-order valence-electron chi connectivity index (χ1n) is 5.10. The minimum atomic E-state index is -0.467. The van der Waals surface area contributed by atoms with Crippen molar-refractivity contribution in [3.8, 4) is 17.2 Å². The number of esters is 2. The van der Waals surface area contributed by atoms with Crippen LogP contribution in [0.3, 0.4) is 0 Å². The zero-order chi connectivity index (χ0) is 13.9. The van der Waals surface area contributed by atoms with E-state index in [4.69, 9.17) is 14.2 Å². The third-order valence-electron chi connectivity index (χ3n) is 2.03. The van der Waals surface area contributed by atoms with Gasteiger partial charge in [0.25, 0.3) is 0 Å². The average Bonchev–Trinajstić information content (AvgIpc) is 2.24. The first kappa shape index (κ1) is 14.7. The second kappa shape index (κ2) is 6.03. The number of hydrogen-bond donors (Lipinski definition) is 0. The minimum absolute atomic E-state index is 0.266. The highest BCUT2D eigenvalue weighted by Crippen LogP contribution is 2.41. The number of benzene rings is 1. The van der Waals surface area contributed by atoms with E-state index in [-0.39, 0.29) is 5.75 Å². The van der Waals surface area contributed by atoms with Crippen molar-refractivity contribution < 1.29 is 23.8 Å². The summed E-state index contributed by atoms with van der Waals surface area (Å²) in [6.07, 6.45) is 0. The predicted molar refractivity (Wildman–Crippen MR) is 73.1 cm³/mol. The molecule has 0 atom stereocenters. The van der Waals surface area contributed by atoms with Crippen LogP contribution in [0.5, 0.6) is 17.2 Å². The molecule has 0 aliphatic heterocycles. The van der Waals surface area contributed by atoms with Gasteiger partial charge in [0, 0.05) is 13.8 Å². The number of carbonyl (C=O) groups excluding carboxylic acids is 2. The van der Waals surface area contributed by atoms with Gasteiger partial charge in [-0.2, -0.15) is 0 Å². The molecule has 0 fully saturated rings. The van der Waals surface area contributed by atoms with E-state index >= 15 is 0 Å². The fourth-order valence-corrected chi connectivity index (χ4v) is 2.05. The number of carbonyl (C=O) groups is 2. The van der Waals surface area contributed by atoms with Gasteiger partial charge in [0.05, 0.1) is 7.11 Å². The van der Waals surface area contributed by atoms with Gasteiger partial charge in [-0.1, -0.05) is 0 Å². The summed E-state index contributed by atoms with van der Waals surface area (Å²) in [5.74, 6) is 0.154. The van der Waals surface area contributed by atoms with Gasteiger partial charge in [-0.3, -0.25) is 9.59 Å². The predicted octanol–water partition coefficient (Wildman–Crippen LogP) is 2.46. The summed E-state index contributed by atoms with van der Waals surface area (Å²) >= 11 is 1.94. The van der Waals surface area contributed by atoms with E-state index in [2.05, 4.69) is 0 Å². The molecule has 0 radical (unpaired) electrons. The molecule has 0 heterocycles. The zero-order valence-corrected chi connectivity index (χ0v) is 12.7. The van der Waals surface area contributed by atoms with Crippen molar-refractivity contribution in [3.05, 3.63) is 15.2 Å². The molecule has 0 aliphatic carbocycles. The molecule has 98 valence electrons. The Labute approximate surface area is 119 Å². The van der Waals surface area contributed by atoms with Gasteiger partial charge >= 0.3 is 11.9 Å². The third kappa shape index (κ3) is 3.34. The van der Waals surface area contributed by atoms with E-state index in [0.717, 1.165) is 0 Å². The normalized spacial score (nSPS) is 9.83. The average molecular weight is 364 g/mol. The van der Waals surface area contributed by atoms with Gasteiger partial charge in [-0.25, -0.2) is 0 Å². The maximum Gasteiger partial charge on any atom is 0.308 e. The highest BCUT2D eigenvalue weighted by molar-refractivity contribution is 14.1. The summed E-state index contributed by atoms with van der Waals surface area (Å²) in [5, 5.41) is 0. The Morgan fingerprint density at radius 1 is 1.11 bits per heavy atom. The van der Waals surface area contributed by atoms with Gasteiger partial charge in [0.1, 0.15) is 9.32 Å². The van der Waals surface area contributed by atoms with Crippen LogP contribution in [0.1, 0.15) is 19.4 Å². The van der Waals surface area contributed by atoms with E-state index in [1.165, 1.54) is 21.0 Å². The Morgan fingerprint density at radius 2 is 1.67 bits per heavy atom. The Bertz CT molecular complexity index is 496. The van der Waals surface area contributed by atoms with Gasteiger partial charge in [-0.15, -0.1) is 0 Å². The molecular weight excluding hydrogens is 351 g/mol. The SMILES string of the molecule is COc1c(C)cc(OC(C)=O)c(I)c1OC(C)=O. The molecule has 0 N–H and O–H groups in total. The Kier molecular flexibility index (Phi) is 4.94. The Hall–Kier alpha value is -1.31. The topological polar surface area (TPSA) is 61.8 Å². The number of methoxy groups -OCH3 is 1. The lowest BCUT2D eigenvalue weighted by molar-refractivity contribution is -0.132. The fraction of sp³-hybridized carbons (Fsp3) is 0.333. The van der Waals surface area contributed by atoms with Crippen LogP contribution in [0, 0.1) is 10.5 Å². The monoisotopic (exact) mass is 364 g/mol. The van der Waals surface area contributed by atoms with E-state index in [1.807, 2.05) is 22.6 Å². The number of ether oxygens (including phenoxy) is 3. The quantitative estimate of drug-likeness (QED) is 0.469. The van der Waals surface area contributed by atoms with Gasteiger partial charge in [-0.05, 0) is 41.1 Å². The van der Waals surface area contributed by atoms with Gasteiger partial charge in [0.15, 0.2) is 11.5 Å². The summed E-state index contributed by atoms with van der Waals surface area (Å²) in [6.45, 7) is 4.37. The smallest absolute Gasteiger partial charge is 0.308 e. The number of hydrogen-bond acceptors (Lipinski definition) is 5. The van der Waals surface area contributed by atoms with Crippen molar-refractivity contribution in [2.24, 2.45) is 0 Å². The molecule has 0 amide bonds. The van der Waals surface area contributed by atoms with Crippen LogP contribution in [0.25, 0.3) is 0 Å². The van der Waals surface area contributed by atoms with E-state index in [9.17, 15) is 9.59 Å². The molecule has 1 rings (SSSR count). The van der Waals surface area contributed by atoms with Crippen LogP contribution in [0.4, 0.5) is 0 Å². The summed E-state index contributed by atoms with van der Waals surface area (Å²) in [7, 11) is 1.48. The highest BCUT2D eigenvalue weighted by atomic mass is 127. The van der Waals surface area contributed by atoms with Crippen LogP contribution in [-0.2, 0) is 9.59 Å². The van der Waals surface area contributed by atoms with Crippen molar-refractivity contribution in [3.63, 3.8) is 0 Å². The molecule has 0 aromatic heterocycles. The number of rotatable bonds is 3. The molecule has 6 heteroatoms. The van der Waals surface area contributed by atoms with Crippen molar-refractivity contribution in [1.29, 1.82) is 0 Å².